The Labute approximate surface area is 167 Å². The van der Waals surface area contributed by atoms with Crippen molar-refractivity contribution >= 4 is 38.4 Å². The largest absolute Gasteiger partial charge is 0.316 e. The summed E-state index contributed by atoms with van der Waals surface area (Å²) in [7, 11) is -3.10. The summed E-state index contributed by atoms with van der Waals surface area (Å²) in [5.74, 6) is -0.540. The molecule has 4 rings (SSSR count). The third-order valence-corrected chi connectivity index (χ3v) is 8.08. The zero-order valence-corrected chi connectivity index (χ0v) is 16.8. The third kappa shape index (κ3) is 3.98. The SMILES string of the molecule is Cc1ccc(N2C(=NC(=O)Cc3ccc(F)cc3)S[C@@H]3CS(=O)(=O)C[C@@H]32)cc1. The summed E-state index contributed by atoms with van der Waals surface area (Å²) >= 11 is 1.35. The molecule has 0 bridgehead atoms. The van der Waals surface area contributed by atoms with Gasteiger partial charge in [0.25, 0.3) is 5.91 Å². The third-order valence-electron chi connectivity index (χ3n) is 4.87. The van der Waals surface area contributed by atoms with E-state index in [4.69, 9.17) is 0 Å². The van der Waals surface area contributed by atoms with Crippen molar-refractivity contribution in [3.05, 3.63) is 65.5 Å². The predicted molar refractivity (Wildman–Crippen MR) is 110 cm³/mol. The van der Waals surface area contributed by atoms with Crippen molar-refractivity contribution in [1.29, 1.82) is 0 Å². The Balaban J connectivity index is 1.62. The van der Waals surface area contributed by atoms with Gasteiger partial charge >= 0.3 is 0 Å². The van der Waals surface area contributed by atoms with Gasteiger partial charge in [0, 0.05) is 10.9 Å². The van der Waals surface area contributed by atoms with Gasteiger partial charge in [0.15, 0.2) is 15.0 Å². The lowest BCUT2D eigenvalue weighted by molar-refractivity contribution is -0.117. The van der Waals surface area contributed by atoms with Gasteiger partial charge in [-0.05, 0) is 36.8 Å². The number of carbonyl (C=O) groups excluding carboxylic acids is 1. The summed E-state index contributed by atoms with van der Waals surface area (Å²) < 4.78 is 37.2. The highest BCUT2D eigenvalue weighted by molar-refractivity contribution is 8.16. The normalized spacial score (nSPS) is 24.5. The van der Waals surface area contributed by atoms with E-state index in [-0.39, 0.29) is 40.9 Å². The van der Waals surface area contributed by atoms with E-state index in [0.717, 1.165) is 11.3 Å². The number of halogens is 1. The summed E-state index contributed by atoms with van der Waals surface area (Å²) in [5, 5.41) is 0.393. The van der Waals surface area contributed by atoms with Crippen LogP contribution in [-0.4, -0.2) is 42.3 Å². The fourth-order valence-electron chi connectivity index (χ4n) is 3.49. The number of hydrogen-bond acceptors (Lipinski definition) is 4. The van der Waals surface area contributed by atoms with Gasteiger partial charge < -0.3 is 4.90 Å². The van der Waals surface area contributed by atoms with Crippen molar-refractivity contribution in [3.8, 4) is 0 Å². The van der Waals surface area contributed by atoms with Gasteiger partial charge in [-0.1, -0.05) is 41.6 Å². The Morgan fingerprint density at radius 3 is 2.50 bits per heavy atom. The second-order valence-corrected chi connectivity index (χ2v) is 10.5. The topological polar surface area (TPSA) is 66.8 Å². The van der Waals surface area contributed by atoms with E-state index in [1.54, 1.807) is 12.1 Å². The Hall–Kier alpha value is -2.19. The molecule has 2 aliphatic rings. The Morgan fingerprint density at radius 2 is 1.82 bits per heavy atom. The summed E-state index contributed by atoms with van der Waals surface area (Å²) in [5.41, 5.74) is 2.61. The van der Waals surface area contributed by atoms with Crippen molar-refractivity contribution in [1.82, 2.24) is 0 Å². The molecular formula is C20H19FN2O3S2. The average molecular weight is 419 g/mol. The Morgan fingerprint density at radius 1 is 1.14 bits per heavy atom. The van der Waals surface area contributed by atoms with E-state index >= 15 is 0 Å². The number of sulfone groups is 1. The van der Waals surface area contributed by atoms with Crippen LogP contribution in [0.15, 0.2) is 53.5 Å². The molecule has 2 saturated heterocycles. The number of benzene rings is 2. The van der Waals surface area contributed by atoms with Gasteiger partial charge in [-0.25, -0.2) is 12.8 Å². The van der Waals surface area contributed by atoms with Gasteiger partial charge in [0.2, 0.25) is 0 Å². The van der Waals surface area contributed by atoms with Crippen molar-refractivity contribution in [2.45, 2.75) is 24.6 Å². The van der Waals surface area contributed by atoms with Crippen LogP contribution in [-0.2, 0) is 21.1 Å². The van der Waals surface area contributed by atoms with Crippen LogP contribution in [0.2, 0.25) is 0 Å². The molecule has 2 fully saturated rings. The van der Waals surface area contributed by atoms with E-state index in [1.807, 2.05) is 36.1 Å². The number of anilines is 1. The van der Waals surface area contributed by atoms with Crippen LogP contribution in [0.25, 0.3) is 0 Å². The van der Waals surface area contributed by atoms with E-state index in [1.165, 1.54) is 23.9 Å². The van der Waals surface area contributed by atoms with E-state index < -0.39 is 9.84 Å². The van der Waals surface area contributed by atoms with Crippen molar-refractivity contribution < 1.29 is 17.6 Å². The molecule has 0 saturated carbocycles. The van der Waals surface area contributed by atoms with Crippen LogP contribution in [0, 0.1) is 12.7 Å². The average Bonchev–Trinajstić information content (AvgIpc) is 3.09. The highest BCUT2D eigenvalue weighted by Crippen LogP contribution is 2.41. The first-order chi connectivity index (χ1) is 13.3. The molecule has 0 unspecified atom stereocenters. The van der Waals surface area contributed by atoms with Crippen LogP contribution in [0.1, 0.15) is 11.1 Å². The fourth-order valence-corrected chi connectivity index (χ4v) is 7.43. The van der Waals surface area contributed by atoms with Crippen molar-refractivity contribution in [2.24, 2.45) is 4.99 Å². The maximum absolute atomic E-state index is 13.0. The molecule has 2 aromatic carbocycles. The van der Waals surface area contributed by atoms with Gasteiger partial charge in [-0.2, -0.15) is 4.99 Å². The highest BCUT2D eigenvalue weighted by atomic mass is 32.2. The molecule has 0 aromatic heterocycles. The van der Waals surface area contributed by atoms with E-state index in [2.05, 4.69) is 4.99 Å². The van der Waals surface area contributed by atoms with Gasteiger partial charge in [0.1, 0.15) is 5.82 Å². The van der Waals surface area contributed by atoms with Crippen LogP contribution in [0.5, 0.6) is 0 Å². The number of aliphatic imine (C=N–C) groups is 1. The molecule has 2 atom stereocenters. The zero-order chi connectivity index (χ0) is 19.9. The molecule has 1 amide bonds. The van der Waals surface area contributed by atoms with Crippen LogP contribution < -0.4 is 4.90 Å². The Bertz CT molecular complexity index is 1030. The van der Waals surface area contributed by atoms with Gasteiger partial charge in [0.05, 0.1) is 24.0 Å². The number of amidine groups is 1. The number of aryl methyl sites for hydroxylation is 1. The minimum absolute atomic E-state index is 0.0592. The predicted octanol–water partition coefficient (Wildman–Crippen LogP) is 2.98. The number of carbonyl (C=O) groups is 1. The second-order valence-electron chi connectivity index (χ2n) is 7.10. The molecule has 5 nitrogen and oxygen atoms in total. The molecule has 0 spiro atoms. The van der Waals surface area contributed by atoms with Crippen LogP contribution in [0.3, 0.4) is 0 Å². The van der Waals surface area contributed by atoms with E-state index in [9.17, 15) is 17.6 Å². The molecular weight excluding hydrogens is 399 g/mol. The lowest BCUT2D eigenvalue weighted by atomic mass is 10.1. The molecule has 2 aromatic rings. The maximum atomic E-state index is 13.0. The summed E-state index contributed by atoms with van der Waals surface area (Å²) in [6.45, 7) is 1.98. The van der Waals surface area contributed by atoms with Crippen molar-refractivity contribution in [2.75, 3.05) is 16.4 Å². The first-order valence-corrected chi connectivity index (χ1v) is 11.6. The minimum atomic E-state index is -3.10. The molecule has 0 N–H and O–H groups in total. The number of fused-ring (bicyclic) bond motifs is 1. The van der Waals surface area contributed by atoms with Crippen LogP contribution in [0.4, 0.5) is 10.1 Å². The number of thioether (sulfide) groups is 1. The number of hydrogen-bond donors (Lipinski definition) is 0. The summed E-state index contributed by atoms with van der Waals surface area (Å²) in [6.07, 6.45) is 0.0692. The smallest absolute Gasteiger partial charge is 0.252 e. The lowest BCUT2D eigenvalue weighted by Crippen LogP contribution is -2.37. The molecule has 0 radical (unpaired) electrons. The number of amides is 1. The first-order valence-electron chi connectivity index (χ1n) is 8.90. The molecule has 146 valence electrons. The molecule has 28 heavy (non-hydrogen) atoms. The number of rotatable bonds is 3. The monoisotopic (exact) mass is 418 g/mol. The summed E-state index contributed by atoms with van der Waals surface area (Å²) in [6, 6.07) is 13.3. The molecule has 0 aliphatic carbocycles. The number of nitrogens with zero attached hydrogens (tertiary/aromatic N) is 2. The standard InChI is InChI=1S/C20H19FN2O3S2/c1-13-2-8-16(9-3-13)23-17-11-28(25,26)12-18(17)27-20(23)22-19(24)10-14-4-6-15(21)7-5-14/h2-9,17-18H,10-12H2,1H3/t17-,18+/m0/s1. The highest BCUT2D eigenvalue weighted by Gasteiger charge is 2.49. The van der Waals surface area contributed by atoms with Gasteiger partial charge in [-0.15, -0.1) is 0 Å². The van der Waals surface area contributed by atoms with Crippen LogP contribution >= 0.6 is 11.8 Å². The first kappa shape index (κ1) is 19.1. The minimum Gasteiger partial charge on any atom is -0.316 e. The molecule has 2 heterocycles. The quantitative estimate of drug-likeness (QED) is 0.767. The lowest BCUT2D eigenvalue weighted by Gasteiger charge is -2.24. The second kappa shape index (κ2) is 7.33. The Kier molecular flexibility index (Phi) is 5.01. The van der Waals surface area contributed by atoms with E-state index in [0.29, 0.717) is 10.7 Å². The fraction of sp³-hybridized carbons (Fsp3) is 0.300. The summed E-state index contributed by atoms with van der Waals surface area (Å²) in [4.78, 5) is 18.7. The zero-order valence-electron chi connectivity index (χ0n) is 15.2. The molecule has 2 aliphatic heterocycles. The maximum Gasteiger partial charge on any atom is 0.252 e. The van der Waals surface area contributed by atoms with Gasteiger partial charge in [-0.3, -0.25) is 4.79 Å². The van der Waals surface area contributed by atoms with Crippen molar-refractivity contribution in [3.63, 3.8) is 0 Å². The molecule has 8 heteroatoms.